The fraction of sp³-hybridized carbons (Fsp3) is 0.417. The maximum absolute atomic E-state index is 4.52. The highest BCUT2D eigenvalue weighted by molar-refractivity contribution is 5.93. The summed E-state index contributed by atoms with van der Waals surface area (Å²) in [5.41, 5.74) is 2.78. The molecule has 0 amide bonds. The number of fused-ring (bicyclic) bond motifs is 1. The summed E-state index contributed by atoms with van der Waals surface area (Å²) in [5.74, 6) is 1.16. The van der Waals surface area contributed by atoms with E-state index in [1.165, 1.54) is 11.3 Å². The quantitative estimate of drug-likeness (QED) is 0.735. The molecule has 1 N–H and O–H groups in total. The number of hydrogen-bond donors (Lipinski definition) is 1. The van der Waals surface area contributed by atoms with E-state index in [0.717, 1.165) is 25.3 Å². The van der Waals surface area contributed by atoms with Crippen molar-refractivity contribution in [3.05, 3.63) is 29.8 Å². The van der Waals surface area contributed by atoms with Crippen molar-refractivity contribution >= 4 is 11.5 Å². The predicted octanol–water partition coefficient (Wildman–Crippen LogP) is 1.05. The third kappa shape index (κ3) is 1.30. The van der Waals surface area contributed by atoms with Crippen molar-refractivity contribution in [1.29, 1.82) is 0 Å². The molecule has 0 saturated heterocycles. The van der Waals surface area contributed by atoms with Gasteiger partial charge < -0.3 is 10.2 Å². The molecule has 2 heterocycles. The second-order valence-electron chi connectivity index (χ2n) is 4.15. The van der Waals surface area contributed by atoms with E-state index in [1.807, 2.05) is 0 Å². The Morgan fingerprint density at radius 1 is 1.40 bits per heavy atom. The first-order chi connectivity index (χ1) is 7.36. The lowest BCUT2D eigenvalue weighted by Gasteiger charge is -2.22. The number of nitrogens with zero attached hydrogens (tertiary/aromatic N) is 2. The Balaban J connectivity index is 1.92. The number of aliphatic imine (C=N–C) groups is 1. The SMILES string of the molecule is CN1c2ccccc2CC1C1=NCCN1. The summed E-state index contributed by atoms with van der Waals surface area (Å²) in [6, 6.07) is 9.03. The molecule has 1 unspecified atom stereocenters. The highest BCUT2D eigenvalue weighted by atomic mass is 15.2. The Labute approximate surface area is 89.8 Å². The third-order valence-corrected chi connectivity index (χ3v) is 3.27. The van der Waals surface area contributed by atoms with Crippen molar-refractivity contribution in [2.75, 3.05) is 25.0 Å². The number of para-hydroxylation sites is 1. The fourth-order valence-electron chi connectivity index (χ4n) is 2.46. The monoisotopic (exact) mass is 201 g/mol. The number of amidine groups is 1. The summed E-state index contributed by atoms with van der Waals surface area (Å²) in [6.07, 6.45) is 1.08. The van der Waals surface area contributed by atoms with Gasteiger partial charge in [-0.2, -0.15) is 0 Å². The van der Waals surface area contributed by atoms with Crippen molar-refractivity contribution < 1.29 is 0 Å². The average molecular weight is 201 g/mol. The van der Waals surface area contributed by atoms with Crippen LogP contribution in [0, 0.1) is 0 Å². The molecular formula is C12H15N3. The summed E-state index contributed by atoms with van der Waals surface area (Å²) in [6.45, 7) is 1.92. The lowest BCUT2D eigenvalue weighted by atomic mass is 10.1. The maximum Gasteiger partial charge on any atom is 0.120 e. The highest BCUT2D eigenvalue weighted by Crippen LogP contribution is 2.30. The zero-order valence-electron chi connectivity index (χ0n) is 8.90. The van der Waals surface area contributed by atoms with E-state index < -0.39 is 0 Å². The van der Waals surface area contributed by atoms with Crippen LogP contribution < -0.4 is 10.2 Å². The molecule has 2 aliphatic heterocycles. The van der Waals surface area contributed by atoms with Gasteiger partial charge in [-0.15, -0.1) is 0 Å². The first kappa shape index (κ1) is 8.77. The predicted molar refractivity (Wildman–Crippen MR) is 62.6 cm³/mol. The van der Waals surface area contributed by atoms with Gasteiger partial charge in [0, 0.05) is 25.7 Å². The van der Waals surface area contributed by atoms with Gasteiger partial charge >= 0.3 is 0 Å². The van der Waals surface area contributed by atoms with Gasteiger partial charge in [-0.3, -0.25) is 4.99 Å². The van der Waals surface area contributed by atoms with Crippen LogP contribution in [0.15, 0.2) is 29.3 Å². The number of nitrogens with one attached hydrogen (secondary N) is 1. The topological polar surface area (TPSA) is 27.6 Å². The molecule has 0 saturated carbocycles. The molecule has 0 aromatic heterocycles. The van der Waals surface area contributed by atoms with Gasteiger partial charge in [0.25, 0.3) is 0 Å². The number of likely N-dealkylation sites (N-methyl/N-ethyl adjacent to an activating group) is 1. The second kappa shape index (κ2) is 3.26. The van der Waals surface area contributed by atoms with Crippen LogP contribution in [0.3, 0.4) is 0 Å². The van der Waals surface area contributed by atoms with Crippen molar-refractivity contribution in [1.82, 2.24) is 5.32 Å². The first-order valence-corrected chi connectivity index (χ1v) is 5.45. The van der Waals surface area contributed by atoms with Crippen molar-refractivity contribution in [3.8, 4) is 0 Å². The van der Waals surface area contributed by atoms with E-state index >= 15 is 0 Å². The largest absolute Gasteiger partial charge is 0.370 e. The van der Waals surface area contributed by atoms with Gasteiger partial charge in [-0.05, 0) is 11.6 Å². The minimum Gasteiger partial charge on any atom is -0.370 e. The van der Waals surface area contributed by atoms with Crippen molar-refractivity contribution in [2.24, 2.45) is 4.99 Å². The molecule has 3 rings (SSSR count). The number of hydrogen-bond acceptors (Lipinski definition) is 3. The van der Waals surface area contributed by atoms with Crippen LogP contribution in [0.1, 0.15) is 5.56 Å². The van der Waals surface area contributed by atoms with Crippen LogP contribution in [-0.4, -0.2) is 32.0 Å². The van der Waals surface area contributed by atoms with Gasteiger partial charge in [-0.1, -0.05) is 18.2 Å². The Morgan fingerprint density at radius 2 is 2.27 bits per heavy atom. The number of anilines is 1. The van der Waals surface area contributed by atoms with Crippen molar-refractivity contribution in [2.45, 2.75) is 12.5 Å². The molecule has 1 aromatic rings. The van der Waals surface area contributed by atoms with E-state index in [0.29, 0.717) is 6.04 Å². The summed E-state index contributed by atoms with van der Waals surface area (Å²) < 4.78 is 0. The second-order valence-corrected chi connectivity index (χ2v) is 4.15. The Morgan fingerprint density at radius 3 is 3.00 bits per heavy atom. The standard InChI is InChI=1S/C12H15N3/c1-15-10-5-3-2-4-9(10)8-11(15)12-13-6-7-14-12/h2-5,11H,6-8H2,1H3,(H,13,14). The summed E-state index contributed by atoms with van der Waals surface area (Å²) in [5, 5.41) is 3.37. The zero-order valence-corrected chi connectivity index (χ0v) is 8.90. The molecule has 3 nitrogen and oxygen atoms in total. The zero-order chi connectivity index (χ0) is 10.3. The smallest absolute Gasteiger partial charge is 0.120 e. The molecule has 3 heteroatoms. The van der Waals surface area contributed by atoms with E-state index in [4.69, 9.17) is 0 Å². The highest BCUT2D eigenvalue weighted by Gasteiger charge is 2.30. The molecule has 15 heavy (non-hydrogen) atoms. The average Bonchev–Trinajstić information content (AvgIpc) is 2.87. The molecule has 0 bridgehead atoms. The molecule has 1 atom stereocenters. The van der Waals surface area contributed by atoms with Gasteiger partial charge in [0.15, 0.2) is 0 Å². The molecule has 0 spiro atoms. The fourth-order valence-corrected chi connectivity index (χ4v) is 2.46. The van der Waals surface area contributed by atoms with E-state index in [9.17, 15) is 0 Å². The van der Waals surface area contributed by atoms with Gasteiger partial charge in [0.1, 0.15) is 5.84 Å². The number of benzene rings is 1. The number of rotatable bonds is 1. The van der Waals surface area contributed by atoms with Crippen LogP contribution in [0.2, 0.25) is 0 Å². The Hall–Kier alpha value is -1.51. The molecule has 2 aliphatic rings. The van der Waals surface area contributed by atoms with Gasteiger partial charge in [0.05, 0.1) is 12.6 Å². The molecule has 1 aromatic carbocycles. The van der Waals surface area contributed by atoms with Crippen LogP contribution >= 0.6 is 0 Å². The summed E-state index contributed by atoms with van der Waals surface area (Å²) >= 11 is 0. The Kier molecular flexibility index (Phi) is 1.91. The summed E-state index contributed by atoms with van der Waals surface area (Å²) in [4.78, 5) is 6.84. The van der Waals surface area contributed by atoms with Crippen molar-refractivity contribution in [3.63, 3.8) is 0 Å². The molecule has 0 aliphatic carbocycles. The van der Waals surface area contributed by atoms with Crippen LogP contribution in [-0.2, 0) is 6.42 Å². The van der Waals surface area contributed by atoms with Crippen LogP contribution in [0.4, 0.5) is 5.69 Å². The lowest BCUT2D eigenvalue weighted by Crippen LogP contribution is -2.41. The first-order valence-electron chi connectivity index (χ1n) is 5.45. The molecule has 0 fully saturated rings. The van der Waals surface area contributed by atoms with Gasteiger partial charge in [0.2, 0.25) is 0 Å². The minimum absolute atomic E-state index is 0.421. The molecule has 78 valence electrons. The molecule has 0 radical (unpaired) electrons. The van der Waals surface area contributed by atoms with Crippen LogP contribution in [0.5, 0.6) is 0 Å². The lowest BCUT2D eigenvalue weighted by molar-refractivity contribution is 0.811. The van der Waals surface area contributed by atoms with E-state index in [2.05, 4.69) is 46.5 Å². The third-order valence-electron chi connectivity index (χ3n) is 3.27. The van der Waals surface area contributed by atoms with E-state index in [-0.39, 0.29) is 0 Å². The van der Waals surface area contributed by atoms with E-state index in [1.54, 1.807) is 0 Å². The summed E-state index contributed by atoms with van der Waals surface area (Å²) in [7, 11) is 2.15. The normalized spacial score (nSPS) is 23.7. The maximum atomic E-state index is 4.52. The Bertz CT molecular complexity index is 411. The van der Waals surface area contributed by atoms with Gasteiger partial charge in [-0.25, -0.2) is 0 Å². The van der Waals surface area contributed by atoms with Crippen LogP contribution in [0.25, 0.3) is 0 Å². The molecular weight excluding hydrogens is 186 g/mol. The minimum atomic E-state index is 0.421.